The van der Waals surface area contributed by atoms with Gasteiger partial charge >= 0.3 is 5.97 Å². The Balaban J connectivity index is 2.29. The minimum absolute atomic E-state index is 0.157. The number of thiazole rings is 1. The minimum Gasteiger partial charge on any atom is -0.477 e. The summed E-state index contributed by atoms with van der Waals surface area (Å²) in [7, 11) is 0. The molecule has 1 heterocycles. The number of nitrogens with zero attached hydrogens (tertiary/aromatic N) is 1. The number of anilines is 2. The predicted octanol–water partition coefficient (Wildman–Crippen LogP) is 3.34. The quantitative estimate of drug-likeness (QED) is 0.894. The fourth-order valence-electron chi connectivity index (χ4n) is 1.49. The number of benzene rings is 1. The molecule has 1 aromatic heterocycles. The number of nitrogens with one attached hydrogen (secondary N) is 1. The van der Waals surface area contributed by atoms with Crippen LogP contribution < -0.4 is 5.32 Å². The average Bonchev–Trinajstić information content (AvgIpc) is 2.64. The van der Waals surface area contributed by atoms with Crippen molar-refractivity contribution >= 4 is 28.1 Å². The van der Waals surface area contributed by atoms with Crippen LogP contribution in [0.3, 0.4) is 0 Å². The van der Waals surface area contributed by atoms with Crippen molar-refractivity contribution in [3.8, 4) is 0 Å². The molecule has 0 aliphatic rings. The Morgan fingerprint density at radius 1 is 1.44 bits per heavy atom. The third-order valence-electron chi connectivity index (χ3n) is 2.36. The van der Waals surface area contributed by atoms with Crippen LogP contribution in [0.1, 0.15) is 20.9 Å². The number of rotatable bonds is 3. The molecule has 18 heavy (non-hydrogen) atoms. The SMILES string of the molecule is Cc1ccc(Nc2nc(C)c(C(=O)O)s2)c(F)c1. The molecule has 2 rings (SSSR count). The van der Waals surface area contributed by atoms with Gasteiger partial charge in [0.25, 0.3) is 0 Å². The Morgan fingerprint density at radius 3 is 2.72 bits per heavy atom. The summed E-state index contributed by atoms with van der Waals surface area (Å²) in [5.41, 5.74) is 1.52. The van der Waals surface area contributed by atoms with Gasteiger partial charge in [-0.15, -0.1) is 0 Å². The van der Waals surface area contributed by atoms with Crippen molar-refractivity contribution in [1.82, 2.24) is 4.98 Å². The molecule has 2 aromatic rings. The van der Waals surface area contributed by atoms with Crippen molar-refractivity contribution in [3.63, 3.8) is 0 Å². The first kappa shape index (κ1) is 12.5. The van der Waals surface area contributed by atoms with E-state index in [1.54, 1.807) is 26.0 Å². The van der Waals surface area contributed by atoms with Gasteiger partial charge in [-0.05, 0) is 31.5 Å². The minimum atomic E-state index is -1.03. The third-order valence-corrected chi connectivity index (χ3v) is 3.42. The molecule has 6 heteroatoms. The van der Waals surface area contributed by atoms with Crippen LogP contribution in [0.25, 0.3) is 0 Å². The Bertz CT molecular complexity index is 610. The molecule has 0 saturated carbocycles. The number of aromatic nitrogens is 1. The van der Waals surface area contributed by atoms with Crippen LogP contribution in [0.2, 0.25) is 0 Å². The number of carboxylic acids is 1. The van der Waals surface area contributed by atoms with Gasteiger partial charge in [0.2, 0.25) is 0 Å². The Hall–Kier alpha value is -1.95. The van der Waals surface area contributed by atoms with Gasteiger partial charge in [-0.2, -0.15) is 0 Å². The number of carboxylic acid groups (broad SMARTS) is 1. The number of aryl methyl sites for hydroxylation is 2. The maximum absolute atomic E-state index is 13.6. The van der Waals surface area contributed by atoms with Crippen molar-refractivity contribution in [1.29, 1.82) is 0 Å². The zero-order chi connectivity index (χ0) is 13.3. The molecule has 0 atom stereocenters. The van der Waals surface area contributed by atoms with E-state index in [4.69, 9.17) is 5.11 Å². The van der Waals surface area contributed by atoms with E-state index in [-0.39, 0.29) is 16.4 Å². The first-order valence-corrected chi connectivity index (χ1v) is 6.03. The lowest BCUT2D eigenvalue weighted by Gasteiger charge is -2.04. The van der Waals surface area contributed by atoms with Crippen LogP contribution >= 0.6 is 11.3 Å². The lowest BCUT2D eigenvalue weighted by molar-refractivity contribution is 0.0701. The first-order chi connectivity index (χ1) is 8.47. The van der Waals surface area contributed by atoms with Gasteiger partial charge in [0.15, 0.2) is 5.13 Å². The van der Waals surface area contributed by atoms with Gasteiger partial charge in [0.1, 0.15) is 10.7 Å². The van der Waals surface area contributed by atoms with E-state index in [1.807, 2.05) is 0 Å². The molecular formula is C12H11FN2O2S. The normalized spacial score (nSPS) is 10.4. The van der Waals surface area contributed by atoms with Crippen LogP contribution in [0, 0.1) is 19.7 Å². The van der Waals surface area contributed by atoms with E-state index in [0.29, 0.717) is 10.8 Å². The van der Waals surface area contributed by atoms with Crippen molar-refractivity contribution in [3.05, 3.63) is 40.2 Å². The van der Waals surface area contributed by atoms with E-state index in [0.717, 1.165) is 16.9 Å². The molecule has 0 aliphatic carbocycles. The summed E-state index contributed by atoms with van der Waals surface area (Å²) in [5, 5.41) is 12.1. The molecule has 0 bridgehead atoms. The van der Waals surface area contributed by atoms with Gasteiger partial charge in [-0.3, -0.25) is 0 Å². The summed E-state index contributed by atoms with van der Waals surface area (Å²) in [6.07, 6.45) is 0. The average molecular weight is 266 g/mol. The van der Waals surface area contributed by atoms with E-state index < -0.39 is 5.97 Å². The molecule has 0 radical (unpaired) electrons. The summed E-state index contributed by atoms with van der Waals surface area (Å²) >= 11 is 0.987. The smallest absolute Gasteiger partial charge is 0.347 e. The Labute approximate surface area is 107 Å². The molecular weight excluding hydrogens is 255 g/mol. The van der Waals surface area contributed by atoms with E-state index >= 15 is 0 Å². The summed E-state index contributed by atoms with van der Waals surface area (Å²) in [6.45, 7) is 3.40. The van der Waals surface area contributed by atoms with Crippen LogP contribution in [-0.2, 0) is 0 Å². The second-order valence-electron chi connectivity index (χ2n) is 3.85. The highest BCUT2D eigenvalue weighted by Crippen LogP contribution is 2.27. The van der Waals surface area contributed by atoms with Gasteiger partial charge in [-0.25, -0.2) is 14.2 Å². The second kappa shape index (κ2) is 4.73. The lowest BCUT2D eigenvalue weighted by Crippen LogP contribution is -1.94. The van der Waals surface area contributed by atoms with E-state index in [2.05, 4.69) is 10.3 Å². The van der Waals surface area contributed by atoms with E-state index in [9.17, 15) is 9.18 Å². The highest BCUT2D eigenvalue weighted by Gasteiger charge is 2.14. The maximum Gasteiger partial charge on any atom is 0.347 e. The van der Waals surface area contributed by atoms with Crippen molar-refractivity contribution in [2.24, 2.45) is 0 Å². The predicted molar refractivity (Wildman–Crippen MR) is 68.2 cm³/mol. The van der Waals surface area contributed by atoms with Crippen LogP contribution in [-0.4, -0.2) is 16.1 Å². The maximum atomic E-state index is 13.6. The van der Waals surface area contributed by atoms with Crippen molar-refractivity contribution in [2.45, 2.75) is 13.8 Å². The van der Waals surface area contributed by atoms with Crippen LogP contribution in [0.4, 0.5) is 15.2 Å². The number of halogens is 1. The van der Waals surface area contributed by atoms with Crippen LogP contribution in [0.15, 0.2) is 18.2 Å². The van der Waals surface area contributed by atoms with Gasteiger partial charge in [-0.1, -0.05) is 17.4 Å². The largest absolute Gasteiger partial charge is 0.477 e. The fourth-order valence-corrected chi connectivity index (χ4v) is 2.30. The summed E-state index contributed by atoms with van der Waals surface area (Å²) < 4.78 is 13.6. The monoisotopic (exact) mass is 266 g/mol. The second-order valence-corrected chi connectivity index (χ2v) is 4.85. The summed E-state index contributed by atoms with van der Waals surface area (Å²) in [5.74, 6) is -1.41. The molecule has 0 amide bonds. The first-order valence-electron chi connectivity index (χ1n) is 5.21. The molecule has 94 valence electrons. The summed E-state index contributed by atoms with van der Waals surface area (Å²) in [6, 6.07) is 4.77. The van der Waals surface area contributed by atoms with Gasteiger partial charge in [0, 0.05) is 0 Å². The summed E-state index contributed by atoms with van der Waals surface area (Å²) in [4.78, 5) is 15.1. The molecule has 0 fully saturated rings. The van der Waals surface area contributed by atoms with Crippen molar-refractivity contribution in [2.75, 3.05) is 5.32 Å². The van der Waals surface area contributed by atoms with Gasteiger partial charge < -0.3 is 10.4 Å². The number of aromatic carboxylic acids is 1. The zero-order valence-corrected chi connectivity index (χ0v) is 10.6. The molecule has 0 saturated heterocycles. The molecule has 0 aliphatic heterocycles. The topological polar surface area (TPSA) is 62.2 Å². The number of carbonyl (C=O) groups is 1. The molecule has 4 nitrogen and oxygen atoms in total. The highest BCUT2D eigenvalue weighted by molar-refractivity contribution is 7.17. The fraction of sp³-hybridized carbons (Fsp3) is 0.167. The Morgan fingerprint density at radius 2 is 2.17 bits per heavy atom. The molecule has 0 spiro atoms. The molecule has 0 unspecified atom stereocenters. The standard InChI is InChI=1S/C12H11FN2O2S/c1-6-3-4-9(8(13)5-6)15-12-14-7(2)10(18-12)11(16)17/h3-5H,1-2H3,(H,14,15)(H,16,17). The highest BCUT2D eigenvalue weighted by atomic mass is 32.1. The zero-order valence-electron chi connectivity index (χ0n) is 9.82. The molecule has 1 aromatic carbocycles. The Kier molecular flexibility index (Phi) is 3.29. The lowest BCUT2D eigenvalue weighted by atomic mass is 10.2. The third kappa shape index (κ3) is 2.48. The van der Waals surface area contributed by atoms with Gasteiger partial charge in [0.05, 0.1) is 11.4 Å². The number of hydrogen-bond donors (Lipinski definition) is 2. The van der Waals surface area contributed by atoms with Crippen LogP contribution in [0.5, 0.6) is 0 Å². The number of hydrogen-bond acceptors (Lipinski definition) is 4. The van der Waals surface area contributed by atoms with E-state index in [1.165, 1.54) is 6.07 Å². The molecule has 2 N–H and O–H groups in total. The van der Waals surface area contributed by atoms with Crippen molar-refractivity contribution < 1.29 is 14.3 Å².